The second-order valence-corrected chi connectivity index (χ2v) is 6.73. The van der Waals surface area contributed by atoms with E-state index in [1.165, 1.54) is 0 Å². The highest BCUT2D eigenvalue weighted by Gasteiger charge is 2.03. The zero-order valence-electron chi connectivity index (χ0n) is 17.3. The van der Waals surface area contributed by atoms with E-state index in [4.69, 9.17) is 4.84 Å². The predicted molar refractivity (Wildman–Crippen MR) is 116 cm³/mol. The first-order valence-corrected chi connectivity index (χ1v) is 11.2. The normalized spacial score (nSPS) is 13.0. The van der Waals surface area contributed by atoms with Gasteiger partial charge in [-0.1, -0.05) is 67.7 Å². The van der Waals surface area contributed by atoms with Crippen molar-refractivity contribution in [1.82, 2.24) is 5.48 Å². The summed E-state index contributed by atoms with van der Waals surface area (Å²) in [6.45, 7) is 2.20. The first-order chi connectivity index (χ1) is 14.2. The second-order valence-electron chi connectivity index (χ2n) is 6.03. The lowest BCUT2D eigenvalue weighted by Gasteiger charge is -2.03. The van der Waals surface area contributed by atoms with Crippen LogP contribution in [-0.2, 0) is 18.7 Å². The van der Waals surface area contributed by atoms with Crippen LogP contribution in [0.2, 0.25) is 0 Å². The van der Waals surface area contributed by atoms with Crippen molar-refractivity contribution in [1.29, 1.82) is 0 Å². The Morgan fingerprint density at radius 2 is 1.41 bits per heavy atom. The van der Waals surface area contributed by atoms with Gasteiger partial charge in [-0.25, -0.2) is 0 Å². The molecular formula is C22H34NO5P. The average Bonchev–Trinajstić information content (AvgIpc) is 2.69. The second kappa shape index (κ2) is 22.4. The number of allylic oxidation sites excluding steroid dienone is 10. The molecule has 0 aliphatic carbocycles. The van der Waals surface area contributed by atoms with E-state index in [-0.39, 0.29) is 19.1 Å². The molecule has 0 saturated carbocycles. The number of carbonyl (C=O) groups excluding carboxylic acids is 1. The smallest absolute Gasteiger partial charge is 0.488 e. The van der Waals surface area contributed by atoms with Crippen LogP contribution in [-0.4, -0.2) is 19.1 Å². The minimum absolute atomic E-state index is 0.0635. The lowest BCUT2D eigenvalue weighted by molar-refractivity contribution is -0.185. The van der Waals surface area contributed by atoms with Gasteiger partial charge in [0.2, 0.25) is 0 Å². The Labute approximate surface area is 176 Å². The van der Waals surface area contributed by atoms with Crippen molar-refractivity contribution in [3.8, 4) is 0 Å². The van der Waals surface area contributed by atoms with E-state index in [1.807, 2.05) is 0 Å². The fourth-order valence-corrected chi connectivity index (χ4v) is 2.32. The molecule has 29 heavy (non-hydrogen) atoms. The zero-order valence-corrected chi connectivity index (χ0v) is 18.2. The maximum absolute atomic E-state index is 11.4. The van der Waals surface area contributed by atoms with Gasteiger partial charge < -0.3 is 9.73 Å². The fraction of sp³-hybridized carbons (Fsp3) is 0.500. The van der Waals surface area contributed by atoms with Crippen LogP contribution < -0.4 is 10.4 Å². The Balaban J connectivity index is 3.50. The summed E-state index contributed by atoms with van der Waals surface area (Å²) in [5, 5.41) is 0. The van der Waals surface area contributed by atoms with Gasteiger partial charge in [0.05, 0.1) is 6.54 Å². The molecule has 0 bridgehead atoms. The number of hydrogen-bond donors (Lipinski definition) is 1. The van der Waals surface area contributed by atoms with Gasteiger partial charge >= 0.3 is 14.2 Å². The molecule has 0 amide bonds. The van der Waals surface area contributed by atoms with Gasteiger partial charge in [-0.05, 0) is 49.5 Å². The lowest BCUT2D eigenvalue weighted by Crippen LogP contribution is -2.23. The third kappa shape index (κ3) is 24.1. The van der Waals surface area contributed by atoms with Crippen LogP contribution in [0.5, 0.6) is 0 Å². The summed E-state index contributed by atoms with van der Waals surface area (Å²) in [6.07, 6.45) is 28.2. The Kier molecular flexibility index (Phi) is 21.0. The van der Waals surface area contributed by atoms with Gasteiger partial charge in [-0.3, -0.25) is 4.79 Å². The van der Waals surface area contributed by atoms with E-state index in [9.17, 15) is 14.3 Å². The molecule has 0 saturated heterocycles. The average molecular weight is 423 g/mol. The van der Waals surface area contributed by atoms with E-state index in [1.54, 1.807) is 0 Å². The van der Waals surface area contributed by atoms with Crippen LogP contribution in [0.4, 0.5) is 0 Å². The van der Waals surface area contributed by atoms with Crippen LogP contribution in [0.1, 0.15) is 58.3 Å². The molecule has 0 radical (unpaired) electrons. The van der Waals surface area contributed by atoms with Gasteiger partial charge in [0.25, 0.3) is 0 Å². The molecule has 7 heteroatoms. The first-order valence-electron chi connectivity index (χ1n) is 10.1. The maximum Gasteiger partial charge on any atom is 0.488 e. The molecule has 0 aromatic carbocycles. The Morgan fingerprint density at radius 3 is 1.93 bits per heavy atom. The molecule has 1 N–H and O–H groups in total. The minimum atomic E-state index is -2.86. The Hall–Kier alpha value is -1.85. The van der Waals surface area contributed by atoms with Crippen molar-refractivity contribution in [2.75, 3.05) is 13.2 Å². The summed E-state index contributed by atoms with van der Waals surface area (Å²) in [4.78, 5) is 26.3. The van der Waals surface area contributed by atoms with Crippen molar-refractivity contribution >= 4 is 14.2 Å². The third-order valence-corrected chi connectivity index (χ3v) is 3.89. The number of hydrogen-bond acceptors (Lipinski definition) is 6. The molecule has 0 aromatic rings. The summed E-state index contributed by atoms with van der Waals surface area (Å²) in [5.41, 5.74) is 2.37. The van der Waals surface area contributed by atoms with E-state index in [2.05, 4.69) is 77.7 Å². The Morgan fingerprint density at radius 1 is 0.897 bits per heavy atom. The number of nitrogens with one attached hydrogen (secondary N) is 1. The number of rotatable bonds is 18. The van der Waals surface area contributed by atoms with E-state index < -0.39 is 8.25 Å². The van der Waals surface area contributed by atoms with E-state index in [0.29, 0.717) is 12.8 Å². The molecule has 1 unspecified atom stereocenters. The molecule has 1 atom stereocenters. The number of hydroxylamine groups is 1. The summed E-state index contributed by atoms with van der Waals surface area (Å²) in [7, 11) is -2.86. The van der Waals surface area contributed by atoms with Crippen molar-refractivity contribution in [2.24, 2.45) is 0 Å². The lowest BCUT2D eigenvalue weighted by atomic mass is 10.2. The third-order valence-electron chi connectivity index (χ3n) is 3.50. The van der Waals surface area contributed by atoms with Crippen LogP contribution in [0.15, 0.2) is 60.8 Å². The molecule has 0 rings (SSSR count). The highest BCUT2D eigenvalue weighted by molar-refractivity contribution is 7.30. The molecule has 0 aliphatic heterocycles. The first kappa shape index (κ1) is 27.1. The van der Waals surface area contributed by atoms with Crippen molar-refractivity contribution in [3.63, 3.8) is 0 Å². The quantitative estimate of drug-likeness (QED) is 0.145. The molecule has 6 nitrogen and oxygen atoms in total. The topological polar surface area (TPSA) is 87.7 Å². The highest BCUT2D eigenvalue weighted by atomic mass is 31.1. The van der Waals surface area contributed by atoms with Crippen LogP contribution >= 0.6 is 8.25 Å². The number of carbonyl (C=O) groups is 1. The van der Waals surface area contributed by atoms with Gasteiger partial charge in [-0.15, -0.1) is 4.52 Å². The summed E-state index contributed by atoms with van der Waals surface area (Å²) in [5.74, 6) is -0.371. The van der Waals surface area contributed by atoms with Crippen molar-refractivity contribution in [2.45, 2.75) is 58.3 Å². The molecular weight excluding hydrogens is 389 g/mol. The SMILES string of the molecule is CCC=CCC=CCC=CCC=CC/C=C\CCCC(=O)ONCCO[P+](=O)[O-]. The molecule has 162 valence electrons. The van der Waals surface area contributed by atoms with Crippen molar-refractivity contribution < 1.29 is 23.6 Å². The van der Waals surface area contributed by atoms with Crippen LogP contribution in [0.25, 0.3) is 0 Å². The van der Waals surface area contributed by atoms with Gasteiger partial charge in [0, 0.05) is 6.42 Å². The largest absolute Gasteiger partial charge is 0.566 e. The van der Waals surface area contributed by atoms with Crippen LogP contribution in [0.3, 0.4) is 0 Å². The summed E-state index contributed by atoms with van der Waals surface area (Å²) < 4.78 is 14.4. The van der Waals surface area contributed by atoms with Gasteiger partial charge in [0.15, 0.2) is 0 Å². The maximum atomic E-state index is 11.4. The standard InChI is InChI=1S/C22H34NO5P/c1-2-3-4-5-6-7-8-9-10-11-12-13-14-15-16-17-18-19-22(24)28-23-20-21-27-29(25)26/h3-4,6-7,9-10,12-13,15-16,23H,2,5,8,11,14,17-21H2,1H3/b4-3?,7-6?,10-9?,13-12?,16-15-. The number of unbranched alkanes of at least 4 members (excludes halogenated alkanes) is 1. The van der Waals surface area contributed by atoms with Gasteiger partial charge in [0.1, 0.15) is 6.61 Å². The summed E-state index contributed by atoms with van der Waals surface area (Å²) in [6, 6.07) is 0. The molecule has 0 aliphatic rings. The van der Waals surface area contributed by atoms with E-state index >= 15 is 0 Å². The Bertz CT molecular complexity index is 568. The molecule has 0 fully saturated rings. The molecule has 0 spiro atoms. The monoisotopic (exact) mass is 423 g/mol. The fourth-order valence-electron chi connectivity index (χ4n) is 2.08. The minimum Gasteiger partial charge on any atom is -0.566 e. The summed E-state index contributed by atoms with van der Waals surface area (Å²) >= 11 is 0. The zero-order chi connectivity index (χ0) is 21.4. The highest BCUT2D eigenvalue weighted by Crippen LogP contribution is 2.06. The molecule has 0 heterocycles. The van der Waals surface area contributed by atoms with Crippen LogP contribution in [0, 0.1) is 0 Å². The molecule has 0 aromatic heterocycles. The van der Waals surface area contributed by atoms with Crippen molar-refractivity contribution in [3.05, 3.63) is 60.8 Å². The van der Waals surface area contributed by atoms with Gasteiger partial charge in [-0.2, -0.15) is 5.48 Å². The van der Waals surface area contributed by atoms with E-state index in [0.717, 1.165) is 38.5 Å². The predicted octanol–water partition coefficient (Wildman–Crippen LogP) is 4.99.